The SMILES string of the molecule is Cc1ccc(CC(Cc2ccsc2)NN)cc1. The maximum Gasteiger partial charge on any atom is 0.0291 e. The van der Waals surface area contributed by atoms with E-state index in [2.05, 4.69) is 53.4 Å². The van der Waals surface area contributed by atoms with E-state index in [4.69, 9.17) is 5.84 Å². The summed E-state index contributed by atoms with van der Waals surface area (Å²) >= 11 is 1.73. The summed E-state index contributed by atoms with van der Waals surface area (Å²) in [6.45, 7) is 2.10. The van der Waals surface area contributed by atoms with Crippen LogP contribution >= 0.6 is 11.3 Å². The van der Waals surface area contributed by atoms with Crippen LogP contribution in [0, 0.1) is 6.92 Å². The second kappa shape index (κ2) is 5.96. The van der Waals surface area contributed by atoms with Gasteiger partial charge in [-0.05, 0) is 47.7 Å². The number of rotatable bonds is 5. The van der Waals surface area contributed by atoms with E-state index in [1.54, 1.807) is 11.3 Å². The lowest BCUT2D eigenvalue weighted by Gasteiger charge is -2.15. The van der Waals surface area contributed by atoms with Crippen molar-refractivity contribution in [3.8, 4) is 0 Å². The molecule has 1 atom stereocenters. The highest BCUT2D eigenvalue weighted by Crippen LogP contribution is 2.12. The Labute approximate surface area is 106 Å². The molecule has 0 spiro atoms. The highest BCUT2D eigenvalue weighted by Gasteiger charge is 2.08. The Morgan fingerprint density at radius 2 is 1.82 bits per heavy atom. The lowest BCUT2D eigenvalue weighted by atomic mass is 10.0. The molecule has 1 heterocycles. The molecule has 3 heteroatoms. The minimum Gasteiger partial charge on any atom is -0.271 e. The van der Waals surface area contributed by atoms with Gasteiger partial charge in [0.15, 0.2) is 0 Å². The predicted molar refractivity (Wildman–Crippen MR) is 74.0 cm³/mol. The monoisotopic (exact) mass is 246 g/mol. The van der Waals surface area contributed by atoms with Crippen molar-refractivity contribution < 1.29 is 0 Å². The van der Waals surface area contributed by atoms with Crippen molar-refractivity contribution >= 4 is 11.3 Å². The molecule has 1 unspecified atom stereocenters. The molecule has 3 N–H and O–H groups in total. The minimum absolute atomic E-state index is 0.298. The van der Waals surface area contributed by atoms with Crippen molar-refractivity contribution in [1.29, 1.82) is 0 Å². The van der Waals surface area contributed by atoms with Crippen LogP contribution in [0.2, 0.25) is 0 Å². The number of hydrogen-bond donors (Lipinski definition) is 2. The first-order chi connectivity index (χ1) is 8.28. The summed E-state index contributed by atoms with van der Waals surface area (Å²) in [4.78, 5) is 0. The molecule has 0 aliphatic carbocycles. The second-order valence-corrected chi connectivity index (χ2v) is 5.17. The van der Waals surface area contributed by atoms with Gasteiger partial charge >= 0.3 is 0 Å². The first-order valence-electron chi connectivity index (χ1n) is 5.80. The number of nitrogens with two attached hydrogens (primary N) is 1. The van der Waals surface area contributed by atoms with E-state index in [-0.39, 0.29) is 0 Å². The molecule has 0 saturated heterocycles. The smallest absolute Gasteiger partial charge is 0.0291 e. The average molecular weight is 246 g/mol. The molecule has 2 aromatic rings. The van der Waals surface area contributed by atoms with Crippen LogP contribution in [0.5, 0.6) is 0 Å². The first-order valence-corrected chi connectivity index (χ1v) is 6.75. The summed E-state index contributed by atoms with van der Waals surface area (Å²) in [5, 5.41) is 4.29. The third-order valence-corrected chi connectivity index (χ3v) is 3.63. The van der Waals surface area contributed by atoms with Gasteiger partial charge in [-0.1, -0.05) is 29.8 Å². The summed E-state index contributed by atoms with van der Waals surface area (Å²) in [7, 11) is 0. The molecule has 17 heavy (non-hydrogen) atoms. The van der Waals surface area contributed by atoms with Crippen LogP contribution in [0.4, 0.5) is 0 Å². The molecule has 2 rings (SSSR count). The number of nitrogens with one attached hydrogen (secondary N) is 1. The van der Waals surface area contributed by atoms with Crippen molar-refractivity contribution in [3.05, 3.63) is 57.8 Å². The van der Waals surface area contributed by atoms with Crippen molar-refractivity contribution in [1.82, 2.24) is 5.43 Å². The Hall–Kier alpha value is -1.16. The zero-order chi connectivity index (χ0) is 12.1. The fraction of sp³-hybridized carbons (Fsp3) is 0.286. The van der Waals surface area contributed by atoms with Gasteiger partial charge in [-0.15, -0.1) is 0 Å². The first kappa shape index (κ1) is 12.3. The van der Waals surface area contributed by atoms with Gasteiger partial charge in [-0.25, -0.2) is 0 Å². The standard InChI is InChI=1S/C14H18N2S/c1-11-2-4-12(5-3-11)8-14(16-15)9-13-6-7-17-10-13/h2-7,10,14,16H,8-9,15H2,1H3. The van der Waals surface area contributed by atoms with E-state index < -0.39 is 0 Å². The van der Waals surface area contributed by atoms with Crippen LogP contribution in [0.1, 0.15) is 16.7 Å². The summed E-state index contributed by atoms with van der Waals surface area (Å²) in [5.41, 5.74) is 6.88. The number of benzene rings is 1. The van der Waals surface area contributed by atoms with E-state index in [0.717, 1.165) is 12.8 Å². The normalized spacial score (nSPS) is 12.6. The van der Waals surface area contributed by atoms with Crippen LogP contribution in [0.15, 0.2) is 41.1 Å². The van der Waals surface area contributed by atoms with Crippen molar-refractivity contribution in [2.45, 2.75) is 25.8 Å². The molecule has 0 saturated carbocycles. The molecule has 0 radical (unpaired) electrons. The summed E-state index contributed by atoms with van der Waals surface area (Å²) in [6, 6.07) is 11.1. The molecule has 0 bridgehead atoms. The van der Waals surface area contributed by atoms with Crippen molar-refractivity contribution in [2.24, 2.45) is 5.84 Å². The highest BCUT2D eigenvalue weighted by molar-refractivity contribution is 7.07. The summed E-state index contributed by atoms with van der Waals surface area (Å²) in [6.07, 6.45) is 1.94. The van der Waals surface area contributed by atoms with Crippen LogP contribution in [0.25, 0.3) is 0 Å². The van der Waals surface area contributed by atoms with Gasteiger partial charge in [0.05, 0.1) is 0 Å². The van der Waals surface area contributed by atoms with Gasteiger partial charge in [0, 0.05) is 6.04 Å². The maximum atomic E-state index is 5.62. The zero-order valence-electron chi connectivity index (χ0n) is 10.0. The largest absolute Gasteiger partial charge is 0.271 e. The molecular weight excluding hydrogens is 228 g/mol. The van der Waals surface area contributed by atoms with E-state index in [1.165, 1.54) is 16.7 Å². The van der Waals surface area contributed by atoms with Crippen LogP contribution in [0.3, 0.4) is 0 Å². The van der Waals surface area contributed by atoms with Gasteiger partial charge in [0.2, 0.25) is 0 Å². The maximum absolute atomic E-state index is 5.62. The topological polar surface area (TPSA) is 38.0 Å². The Balaban J connectivity index is 1.97. The molecular formula is C14H18N2S. The molecule has 1 aromatic heterocycles. The fourth-order valence-corrected chi connectivity index (χ4v) is 2.57. The third-order valence-electron chi connectivity index (χ3n) is 2.90. The van der Waals surface area contributed by atoms with E-state index in [0.29, 0.717) is 6.04 Å². The number of thiophene rings is 1. The van der Waals surface area contributed by atoms with Crippen LogP contribution in [-0.4, -0.2) is 6.04 Å². The molecule has 90 valence electrons. The van der Waals surface area contributed by atoms with E-state index in [1.807, 2.05) is 0 Å². The molecule has 0 aliphatic heterocycles. The number of hydrazine groups is 1. The van der Waals surface area contributed by atoms with E-state index >= 15 is 0 Å². The summed E-state index contributed by atoms with van der Waals surface area (Å²) < 4.78 is 0. The molecule has 0 amide bonds. The fourth-order valence-electron chi connectivity index (χ4n) is 1.89. The minimum atomic E-state index is 0.298. The third kappa shape index (κ3) is 3.66. The van der Waals surface area contributed by atoms with Crippen LogP contribution < -0.4 is 11.3 Å². The Kier molecular flexibility index (Phi) is 4.31. The highest BCUT2D eigenvalue weighted by atomic mass is 32.1. The molecule has 0 fully saturated rings. The van der Waals surface area contributed by atoms with Gasteiger partial charge < -0.3 is 0 Å². The molecule has 1 aromatic carbocycles. The quantitative estimate of drug-likeness (QED) is 0.629. The number of aryl methyl sites for hydroxylation is 1. The van der Waals surface area contributed by atoms with Gasteiger partial charge in [-0.2, -0.15) is 11.3 Å². The van der Waals surface area contributed by atoms with Crippen molar-refractivity contribution in [3.63, 3.8) is 0 Å². The summed E-state index contributed by atoms with van der Waals surface area (Å²) in [5.74, 6) is 5.62. The van der Waals surface area contributed by atoms with Gasteiger partial charge in [0.1, 0.15) is 0 Å². The Morgan fingerprint density at radius 1 is 1.12 bits per heavy atom. The molecule has 0 aliphatic rings. The van der Waals surface area contributed by atoms with Crippen LogP contribution in [-0.2, 0) is 12.8 Å². The van der Waals surface area contributed by atoms with Gasteiger partial charge in [-0.3, -0.25) is 11.3 Å². The average Bonchev–Trinajstić information content (AvgIpc) is 2.84. The lowest BCUT2D eigenvalue weighted by molar-refractivity contribution is 0.523. The van der Waals surface area contributed by atoms with Gasteiger partial charge in [0.25, 0.3) is 0 Å². The predicted octanol–water partition coefficient (Wildman–Crippen LogP) is 2.67. The lowest BCUT2D eigenvalue weighted by Crippen LogP contribution is -2.38. The Bertz CT molecular complexity index is 434. The zero-order valence-corrected chi connectivity index (χ0v) is 10.8. The Morgan fingerprint density at radius 3 is 2.41 bits per heavy atom. The van der Waals surface area contributed by atoms with Crippen molar-refractivity contribution in [2.75, 3.05) is 0 Å². The molecule has 2 nitrogen and oxygen atoms in total. The number of hydrogen-bond acceptors (Lipinski definition) is 3. The van der Waals surface area contributed by atoms with E-state index in [9.17, 15) is 0 Å². The second-order valence-electron chi connectivity index (χ2n) is 4.39.